The first-order valence-corrected chi connectivity index (χ1v) is 10.9. The first-order chi connectivity index (χ1) is 15.8. The Hall–Kier alpha value is -2.50. The van der Waals surface area contributed by atoms with Crippen LogP contribution in [0.15, 0.2) is 18.2 Å². The molecule has 1 saturated carbocycles. The summed E-state index contributed by atoms with van der Waals surface area (Å²) in [5, 5.41) is 2.97. The molecule has 3 rings (SSSR count). The summed E-state index contributed by atoms with van der Waals surface area (Å²) < 4.78 is 88.5. The lowest BCUT2D eigenvalue weighted by molar-refractivity contribution is -0.153. The molecule has 0 radical (unpaired) electrons. The summed E-state index contributed by atoms with van der Waals surface area (Å²) in [4.78, 5) is 25.6. The maximum Gasteiger partial charge on any atom is 0.416 e. The molecule has 1 aliphatic heterocycles. The molecule has 1 aromatic rings. The molecule has 0 spiro atoms. The minimum Gasteiger partial charge on any atom is -0.469 e. The number of likely N-dealkylation sites (tertiary alicyclic amines) is 1. The Balaban J connectivity index is 1.60. The van der Waals surface area contributed by atoms with E-state index >= 15 is 0 Å². The van der Waals surface area contributed by atoms with E-state index in [0.717, 1.165) is 0 Å². The fraction of sp³-hybridized carbons (Fsp3) is 0.636. The fourth-order valence-corrected chi connectivity index (χ4v) is 4.29. The minimum atomic E-state index is -4.91. The van der Waals surface area contributed by atoms with Crippen LogP contribution in [0.5, 0.6) is 0 Å². The smallest absolute Gasteiger partial charge is 0.416 e. The van der Waals surface area contributed by atoms with Crippen LogP contribution in [0.25, 0.3) is 0 Å². The number of carbonyl (C=O) groups excluding carboxylic acids is 2. The van der Waals surface area contributed by atoms with Crippen molar-refractivity contribution in [2.75, 3.05) is 13.7 Å². The van der Waals surface area contributed by atoms with Gasteiger partial charge in [0.15, 0.2) is 0 Å². The van der Waals surface area contributed by atoms with Crippen molar-refractivity contribution in [3.05, 3.63) is 34.9 Å². The first kappa shape index (κ1) is 26.1. The van der Waals surface area contributed by atoms with Gasteiger partial charge in [-0.3, -0.25) is 4.79 Å². The number of halogens is 6. The summed E-state index contributed by atoms with van der Waals surface area (Å²) in [5.74, 6) is -0.653. The highest BCUT2D eigenvalue weighted by molar-refractivity contribution is 5.74. The number of nitrogens with zero attached hydrogens (tertiary/aromatic N) is 1. The van der Waals surface area contributed by atoms with Crippen LogP contribution in [-0.2, 0) is 33.2 Å². The van der Waals surface area contributed by atoms with Gasteiger partial charge in [-0.2, -0.15) is 26.3 Å². The first-order valence-electron chi connectivity index (χ1n) is 10.9. The predicted molar refractivity (Wildman–Crippen MR) is 107 cm³/mol. The number of nitrogens with one attached hydrogen (secondary N) is 1. The number of alkyl halides is 6. The third-order valence-corrected chi connectivity index (χ3v) is 6.26. The maximum absolute atomic E-state index is 13.1. The summed E-state index contributed by atoms with van der Waals surface area (Å²) in [6.45, 7) is 1.85. The predicted octanol–water partition coefficient (Wildman–Crippen LogP) is 4.75. The SMILES string of the molecule is CC[C@@H]1C[C@H](NCc2cc(C(F)(F)F)cc(C(F)(F)F)c2)CN1C(=O)O[C@H]1C[C@@H](C(=O)OC)C1. The van der Waals surface area contributed by atoms with Gasteiger partial charge in [-0.25, -0.2) is 4.79 Å². The van der Waals surface area contributed by atoms with Crippen molar-refractivity contribution in [3.63, 3.8) is 0 Å². The van der Waals surface area contributed by atoms with Crippen molar-refractivity contribution in [3.8, 4) is 0 Å². The third-order valence-electron chi connectivity index (χ3n) is 6.26. The van der Waals surface area contributed by atoms with E-state index in [2.05, 4.69) is 10.1 Å². The molecule has 1 heterocycles. The van der Waals surface area contributed by atoms with E-state index in [1.54, 1.807) is 0 Å². The Morgan fingerprint density at radius 1 is 1.03 bits per heavy atom. The number of methoxy groups -OCH3 is 1. The monoisotopic (exact) mass is 496 g/mol. The number of amides is 1. The second-order valence-corrected chi connectivity index (χ2v) is 8.64. The Kier molecular flexibility index (Phi) is 7.69. The molecule has 1 aliphatic carbocycles. The number of hydrogen-bond donors (Lipinski definition) is 1. The number of ether oxygens (including phenoxy) is 2. The molecule has 1 amide bonds. The van der Waals surface area contributed by atoms with Crippen LogP contribution in [0.3, 0.4) is 0 Å². The lowest BCUT2D eigenvalue weighted by Crippen LogP contribution is -2.44. The van der Waals surface area contributed by atoms with Crippen molar-refractivity contribution in [1.29, 1.82) is 0 Å². The second-order valence-electron chi connectivity index (χ2n) is 8.64. The Bertz CT molecular complexity index is 866. The fourth-order valence-electron chi connectivity index (χ4n) is 4.29. The molecule has 34 heavy (non-hydrogen) atoms. The Morgan fingerprint density at radius 2 is 1.62 bits per heavy atom. The van der Waals surface area contributed by atoms with Crippen molar-refractivity contribution < 1.29 is 45.4 Å². The Morgan fingerprint density at radius 3 is 2.12 bits per heavy atom. The third kappa shape index (κ3) is 6.13. The molecule has 190 valence electrons. The van der Waals surface area contributed by atoms with Crippen LogP contribution < -0.4 is 5.32 Å². The average molecular weight is 496 g/mol. The number of hydrogen-bond acceptors (Lipinski definition) is 5. The molecule has 6 nitrogen and oxygen atoms in total. The summed E-state index contributed by atoms with van der Waals surface area (Å²) in [5.41, 5.74) is -2.89. The molecule has 2 fully saturated rings. The van der Waals surface area contributed by atoms with Crippen LogP contribution in [0.2, 0.25) is 0 Å². The van der Waals surface area contributed by atoms with Crippen molar-refractivity contribution in [1.82, 2.24) is 10.2 Å². The molecule has 1 saturated heterocycles. The summed E-state index contributed by atoms with van der Waals surface area (Å²) >= 11 is 0. The lowest BCUT2D eigenvalue weighted by atomic mass is 9.82. The molecular formula is C22H26F6N2O4. The number of carbonyl (C=O) groups is 2. The van der Waals surface area contributed by atoms with Gasteiger partial charge in [0.05, 0.1) is 24.2 Å². The summed E-state index contributed by atoms with van der Waals surface area (Å²) in [6, 6.07) is 0.957. The van der Waals surface area contributed by atoms with E-state index in [-0.39, 0.29) is 48.7 Å². The van der Waals surface area contributed by atoms with Crippen molar-refractivity contribution in [2.24, 2.45) is 5.92 Å². The highest BCUT2D eigenvalue weighted by atomic mass is 19.4. The number of benzene rings is 1. The number of esters is 1. The highest BCUT2D eigenvalue weighted by Gasteiger charge is 2.41. The van der Waals surface area contributed by atoms with E-state index < -0.39 is 35.7 Å². The van der Waals surface area contributed by atoms with Gasteiger partial charge in [0.25, 0.3) is 0 Å². The van der Waals surface area contributed by atoms with Crippen LogP contribution >= 0.6 is 0 Å². The van der Waals surface area contributed by atoms with Crippen LogP contribution in [0, 0.1) is 5.92 Å². The van der Waals surface area contributed by atoms with Gasteiger partial charge in [0, 0.05) is 25.2 Å². The van der Waals surface area contributed by atoms with Crippen LogP contribution in [-0.4, -0.2) is 48.8 Å². The zero-order valence-electron chi connectivity index (χ0n) is 18.6. The zero-order chi connectivity index (χ0) is 25.3. The topological polar surface area (TPSA) is 67.9 Å². The number of rotatable bonds is 6. The Labute approximate surface area is 192 Å². The van der Waals surface area contributed by atoms with E-state index in [4.69, 9.17) is 4.74 Å². The maximum atomic E-state index is 13.1. The van der Waals surface area contributed by atoms with Crippen molar-refractivity contribution >= 4 is 12.1 Å². The summed E-state index contributed by atoms with van der Waals surface area (Å²) in [7, 11) is 1.29. The minimum absolute atomic E-state index is 0.0924. The van der Waals surface area contributed by atoms with Gasteiger partial charge in [0.2, 0.25) is 0 Å². The van der Waals surface area contributed by atoms with Gasteiger partial charge < -0.3 is 19.7 Å². The molecule has 12 heteroatoms. The molecule has 2 aliphatic rings. The average Bonchev–Trinajstić information content (AvgIpc) is 3.16. The van der Waals surface area contributed by atoms with E-state index in [9.17, 15) is 35.9 Å². The van der Waals surface area contributed by atoms with Gasteiger partial charge in [-0.05, 0) is 49.4 Å². The van der Waals surface area contributed by atoms with E-state index in [1.807, 2.05) is 6.92 Å². The van der Waals surface area contributed by atoms with E-state index in [0.29, 0.717) is 37.8 Å². The molecule has 1 aromatic carbocycles. The van der Waals surface area contributed by atoms with Crippen molar-refractivity contribution in [2.45, 2.75) is 69.7 Å². The van der Waals surface area contributed by atoms with Gasteiger partial charge >= 0.3 is 24.4 Å². The zero-order valence-corrected chi connectivity index (χ0v) is 18.6. The van der Waals surface area contributed by atoms with Gasteiger partial charge in [0.1, 0.15) is 6.10 Å². The molecular weight excluding hydrogens is 470 g/mol. The van der Waals surface area contributed by atoms with Crippen LogP contribution in [0.4, 0.5) is 31.1 Å². The summed E-state index contributed by atoms with van der Waals surface area (Å²) in [6.07, 6.45) is -8.94. The molecule has 1 N–H and O–H groups in total. The standard InChI is InChI=1S/C22H26F6N2O4/c1-3-17-9-16(11-30(17)20(32)34-18-6-13(7-18)19(31)33-2)29-10-12-4-14(21(23,24)25)8-15(5-12)22(26,27)28/h4-5,8,13,16-18,29H,3,6-7,9-11H2,1-2H3/t13-,16-,17+,18+/m0/s1. The molecule has 2 atom stereocenters. The van der Waals surface area contributed by atoms with E-state index in [1.165, 1.54) is 12.0 Å². The molecule has 0 bridgehead atoms. The van der Waals surface area contributed by atoms with Crippen LogP contribution in [0.1, 0.15) is 49.3 Å². The highest BCUT2D eigenvalue weighted by Crippen LogP contribution is 2.36. The largest absolute Gasteiger partial charge is 0.469 e. The normalized spacial score (nSPS) is 25.1. The second kappa shape index (κ2) is 10.0. The lowest BCUT2D eigenvalue weighted by Gasteiger charge is -2.34. The van der Waals surface area contributed by atoms with Gasteiger partial charge in [-0.1, -0.05) is 6.92 Å². The molecule has 0 aromatic heterocycles. The molecule has 0 unspecified atom stereocenters. The van der Waals surface area contributed by atoms with Gasteiger partial charge in [-0.15, -0.1) is 0 Å². The quantitative estimate of drug-likeness (QED) is 0.455.